The standard InChI is InChI=1S/C16H15Cl3/c1-11-4-2-3-5-15(11)13(10-17)8-12-9-14(18)6-7-16(12)19/h2-7,9,13H,8,10H2,1H3. The van der Waals surface area contributed by atoms with Crippen LogP contribution in [0.3, 0.4) is 0 Å². The molecule has 0 aliphatic carbocycles. The highest BCUT2D eigenvalue weighted by atomic mass is 35.5. The van der Waals surface area contributed by atoms with Crippen molar-refractivity contribution in [1.82, 2.24) is 0 Å². The summed E-state index contributed by atoms with van der Waals surface area (Å²) >= 11 is 18.4. The molecule has 2 aromatic rings. The van der Waals surface area contributed by atoms with Gasteiger partial charge in [0.15, 0.2) is 0 Å². The van der Waals surface area contributed by atoms with Crippen LogP contribution in [0.4, 0.5) is 0 Å². The molecule has 19 heavy (non-hydrogen) atoms. The highest BCUT2D eigenvalue weighted by molar-refractivity contribution is 6.33. The molecule has 3 heteroatoms. The predicted molar refractivity (Wildman–Crippen MR) is 84.8 cm³/mol. The average Bonchev–Trinajstić information content (AvgIpc) is 2.41. The van der Waals surface area contributed by atoms with Gasteiger partial charge in [-0.15, -0.1) is 11.6 Å². The van der Waals surface area contributed by atoms with Gasteiger partial charge in [-0.2, -0.15) is 0 Å². The number of aryl methyl sites for hydroxylation is 1. The lowest BCUT2D eigenvalue weighted by atomic mass is 9.90. The van der Waals surface area contributed by atoms with Crippen molar-refractivity contribution in [1.29, 1.82) is 0 Å². The minimum Gasteiger partial charge on any atom is -0.126 e. The molecule has 0 nitrogen and oxygen atoms in total. The molecule has 2 aromatic carbocycles. The van der Waals surface area contributed by atoms with Crippen LogP contribution in [0.5, 0.6) is 0 Å². The highest BCUT2D eigenvalue weighted by Gasteiger charge is 2.15. The van der Waals surface area contributed by atoms with E-state index >= 15 is 0 Å². The van der Waals surface area contributed by atoms with E-state index in [-0.39, 0.29) is 5.92 Å². The number of hydrogen-bond donors (Lipinski definition) is 0. The van der Waals surface area contributed by atoms with Crippen molar-refractivity contribution in [3.05, 3.63) is 69.2 Å². The lowest BCUT2D eigenvalue weighted by Crippen LogP contribution is -2.07. The summed E-state index contributed by atoms with van der Waals surface area (Å²) in [6.07, 6.45) is 0.799. The molecule has 0 N–H and O–H groups in total. The first-order valence-electron chi connectivity index (χ1n) is 6.17. The summed E-state index contributed by atoms with van der Waals surface area (Å²) < 4.78 is 0. The maximum atomic E-state index is 6.22. The second-order valence-corrected chi connectivity index (χ2v) is 5.80. The van der Waals surface area contributed by atoms with E-state index in [9.17, 15) is 0 Å². The molecule has 0 aromatic heterocycles. The van der Waals surface area contributed by atoms with Crippen molar-refractivity contribution in [2.24, 2.45) is 0 Å². The van der Waals surface area contributed by atoms with E-state index in [1.54, 1.807) is 6.07 Å². The maximum absolute atomic E-state index is 6.22. The van der Waals surface area contributed by atoms with Crippen LogP contribution < -0.4 is 0 Å². The summed E-state index contributed by atoms with van der Waals surface area (Å²) in [5, 5.41) is 1.45. The molecule has 2 rings (SSSR count). The normalized spacial score (nSPS) is 12.4. The van der Waals surface area contributed by atoms with Gasteiger partial charge in [0.05, 0.1) is 0 Å². The molecule has 0 bridgehead atoms. The summed E-state index contributed by atoms with van der Waals surface area (Å²) in [6.45, 7) is 2.11. The Kier molecular flexibility index (Phi) is 5.15. The highest BCUT2D eigenvalue weighted by Crippen LogP contribution is 2.29. The zero-order valence-electron chi connectivity index (χ0n) is 10.7. The molecule has 1 unspecified atom stereocenters. The van der Waals surface area contributed by atoms with Gasteiger partial charge in [0.2, 0.25) is 0 Å². The molecule has 0 saturated carbocycles. The number of halogens is 3. The van der Waals surface area contributed by atoms with Crippen LogP contribution in [0.15, 0.2) is 42.5 Å². The van der Waals surface area contributed by atoms with Gasteiger partial charge in [0, 0.05) is 21.8 Å². The van der Waals surface area contributed by atoms with Crippen LogP contribution in [0.1, 0.15) is 22.6 Å². The van der Waals surface area contributed by atoms with Crippen LogP contribution in [-0.4, -0.2) is 5.88 Å². The van der Waals surface area contributed by atoms with E-state index in [1.807, 2.05) is 24.3 Å². The molecular formula is C16H15Cl3. The summed E-state index contributed by atoms with van der Waals surface area (Å²) in [4.78, 5) is 0. The molecule has 0 saturated heterocycles. The van der Waals surface area contributed by atoms with Crippen LogP contribution in [-0.2, 0) is 6.42 Å². The van der Waals surface area contributed by atoms with Crippen molar-refractivity contribution < 1.29 is 0 Å². The molecule has 1 atom stereocenters. The van der Waals surface area contributed by atoms with Gasteiger partial charge in [-0.3, -0.25) is 0 Å². The van der Waals surface area contributed by atoms with E-state index < -0.39 is 0 Å². The van der Waals surface area contributed by atoms with Gasteiger partial charge in [0.25, 0.3) is 0 Å². The molecule has 0 spiro atoms. The lowest BCUT2D eigenvalue weighted by Gasteiger charge is -2.17. The largest absolute Gasteiger partial charge is 0.126 e. The first-order chi connectivity index (χ1) is 9.11. The van der Waals surface area contributed by atoms with Gasteiger partial charge >= 0.3 is 0 Å². The monoisotopic (exact) mass is 312 g/mol. The molecule has 100 valence electrons. The van der Waals surface area contributed by atoms with E-state index in [0.717, 1.165) is 17.0 Å². The van der Waals surface area contributed by atoms with Crippen molar-refractivity contribution in [3.63, 3.8) is 0 Å². The van der Waals surface area contributed by atoms with Crippen LogP contribution in [0.25, 0.3) is 0 Å². The molecule has 0 heterocycles. The number of hydrogen-bond acceptors (Lipinski definition) is 0. The van der Waals surface area contributed by atoms with E-state index in [0.29, 0.717) is 10.9 Å². The average molecular weight is 314 g/mol. The molecule has 0 aliphatic rings. The van der Waals surface area contributed by atoms with Gasteiger partial charge in [-0.05, 0) is 48.2 Å². The van der Waals surface area contributed by atoms with Crippen molar-refractivity contribution in [2.45, 2.75) is 19.3 Å². The quantitative estimate of drug-likeness (QED) is 0.619. The fourth-order valence-corrected chi connectivity index (χ4v) is 2.92. The Morgan fingerprint density at radius 3 is 2.47 bits per heavy atom. The Morgan fingerprint density at radius 1 is 1.05 bits per heavy atom. The first kappa shape index (κ1) is 14.7. The molecule has 0 amide bonds. The third-order valence-electron chi connectivity index (χ3n) is 3.29. The minimum atomic E-state index is 0.249. The van der Waals surface area contributed by atoms with E-state index in [1.165, 1.54) is 11.1 Å². The number of benzene rings is 2. The zero-order valence-corrected chi connectivity index (χ0v) is 12.9. The van der Waals surface area contributed by atoms with Crippen molar-refractivity contribution in [2.75, 3.05) is 5.88 Å². The third-order valence-corrected chi connectivity index (χ3v) is 4.26. The van der Waals surface area contributed by atoms with Crippen LogP contribution in [0, 0.1) is 6.92 Å². The third kappa shape index (κ3) is 3.66. The Bertz CT molecular complexity index is 564. The molecule has 0 aliphatic heterocycles. The van der Waals surface area contributed by atoms with Gasteiger partial charge < -0.3 is 0 Å². The Labute approximate surface area is 129 Å². The minimum absolute atomic E-state index is 0.249. The Hall–Kier alpha value is -0.690. The fraction of sp³-hybridized carbons (Fsp3) is 0.250. The van der Waals surface area contributed by atoms with Gasteiger partial charge in [-0.25, -0.2) is 0 Å². The molecule has 0 fully saturated rings. The Morgan fingerprint density at radius 2 is 1.79 bits per heavy atom. The summed E-state index contributed by atoms with van der Waals surface area (Å²) in [6, 6.07) is 13.9. The van der Waals surface area contributed by atoms with Crippen molar-refractivity contribution in [3.8, 4) is 0 Å². The smallest absolute Gasteiger partial charge is 0.0439 e. The van der Waals surface area contributed by atoms with E-state index in [4.69, 9.17) is 34.8 Å². The SMILES string of the molecule is Cc1ccccc1C(CCl)Cc1cc(Cl)ccc1Cl. The fourth-order valence-electron chi connectivity index (χ4n) is 2.26. The van der Waals surface area contributed by atoms with Gasteiger partial charge in [-0.1, -0.05) is 47.5 Å². The second kappa shape index (κ2) is 6.65. The number of alkyl halides is 1. The van der Waals surface area contributed by atoms with Crippen LogP contribution >= 0.6 is 34.8 Å². The topological polar surface area (TPSA) is 0 Å². The van der Waals surface area contributed by atoms with Crippen LogP contribution in [0.2, 0.25) is 10.0 Å². The zero-order chi connectivity index (χ0) is 13.8. The van der Waals surface area contributed by atoms with E-state index in [2.05, 4.69) is 19.1 Å². The summed E-state index contributed by atoms with van der Waals surface area (Å²) in [5.41, 5.74) is 3.57. The predicted octanol–water partition coefficient (Wildman–Crippen LogP) is 5.87. The molecular weight excluding hydrogens is 299 g/mol. The summed E-state index contributed by atoms with van der Waals surface area (Å²) in [7, 11) is 0. The second-order valence-electron chi connectivity index (χ2n) is 4.65. The maximum Gasteiger partial charge on any atom is 0.0439 e. The molecule has 0 radical (unpaired) electrons. The number of rotatable bonds is 4. The van der Waals surface area contributed by atoms with Crippen molar-refractivity contribution >= 4 is 34.8 Å². The lowest BCUT2D eigenvalue weighted by molar-refractivity contribution is 0.760. The van der Waals surface area contributed by atoms with Gasteiger partial charge in [0.1, 0.15) is 0 Å². The summed E-state index contributed by atoms with van der Waals surface area (Å²) in [5.74, 6) is 0.812. The Balaban J connectivity index is 2.29. The first-order valence-corrected chi connectivity index (χ1v) is 7.46.